The molecule has 0 rings (SSSR count). The first kappa shape index (κ1) is 14.6. The number of unbranched alkanes of at least 4 members (excludes halogenated alkanes) is 6. The van der Waals surface area contributed by atoms with Crippen molar-refractivity contribution in [3.05, 3.63) is 0 Å². The van der Waals surface area contributed by atoms with Crippen LogP contribution in [-0.2, 0) is 0 Å². The van der Waals surface area contributed by atoms with E-state index in [1.54, 1.807) is 0 Å². The number of hydrogen-bond donors (Lipinski definition) is 0. The van der Waals surface area contributed by atoms with Crippen molar-refractivity contribution in [1.29, 1.82) is 0 Å². The summed E-state index contributed by atoms with van der Waals surface area (Å²) in [6, 6.07) is 0. The summed E-state index contributed by atoms with van der Waals surface area (Å²) >= 11 is 3.25. The third-order valence-corrected chi connectivity index (χ3v) is 2.43. The second-order valence-corrected chi connectivity index (χ2v) is 4.10. The zero-order valence-corrected chi connectivity index (χ0v) is 11.3. The zero-order valence-electron chi connectivity index (χ0n) is 9.74. The second kappa shape index (κ2) is 13.6. The molecule has 0 N–H and O–H groups in total. The van der Waals surface area contributed by atoms with E-state index in [0.29, 0.717) is 0 Å². The molecule has 0 aliphatic heterocycles. The van der Waals surface area contributed by atoms with Gasteiger partial charge in [0, 0.05) is 6.42 Å². The standard InChI is InChI=1S/C14H21Br/c1-2-3-4-5-6-7-8-9-10-11-12-13-14-15/h2-8,11,14H2,1H3. The lowest BCUT2D eigenvalue weighted by molar-refractivity contribution is 0.614. The van der Waals surface area contributed by atoms with Crippen molar-refractivity contribution in [3.63, 3.8) is 0 Å². The van der Waals surface area contributed by atoms with Crippen LogP contribution in [-0.4, -0.2) is 5.33 Å². The van der Waals surface area contributed by atoms with Gasteiger partial charge in [0.05, 0.1) is 11.8 Å². The van der Waals surface area contributed by atoms with Crippen LogP contribution in [0, 0.1) is 23.7 Å². The Hall–Kier alpha value is -0.400. The Bertz CT molecular complexity index is 234. The summed E-state index contributed by atoms with van der Waals surface area (Å²) < 4.78 is 0. The molecule has 0 aromatic heterocycles. The summed E-state index contributed by atoms with van der Waals surface area (Å²) in [5.41, 5.74) is 0. The fourth-order valence-corrected chi connectivity index (χ4v) is 1.50. The third kappa shape index (κ3) is 13.6. The molecule has 0 unspecified atom stereocenters. The van der Waals surface area contributed by atoms with Crippen LogP contribution in [0.1, 0.15) is 58.3 Å². The van der Waals surface area contributed by atoms with Gasteiger partial charge in [0.1, 0.15) is 0 Å². The van der Waals surface area contributed by atoms with E-state index in [2.05, 4.69) is 46.5 Å². The van der Waals surface area contributed by atoms with Gasteiger partial charge in [0.15, 0.2) is 0 Å². The van der Waals surface area contributed by atoms with Crippen LogP contribution in [0.25, 0.3) is 0 Å². The highest BCUT2D eigenvalue weighted by molar-refractivity contribution is 9.09. The molecule has 15 heavy (non-hydrogen) atoms. The highest BCUT2D eigenvalue weighted by Gasteiger charge is 1.87. The summed E-state index contributed by atoms with van der Waals surface area (Å²) in [5.74, 6) is 12.2. The van der Waals surface area contributed by atoms with Gasteiger partial charge in [-0.1, -0.05) is 72.7 Å². The molecule has 0 saturated heterocycles. The van der Waals surface area contributed by atoms with Gasteiger partial charge >= 0.3 is 0 Å². The first-order valence-electron chi connectivity index (χ1n) is 5.89. The fourth-order valence-electron chi connectivity index (χ4n) is 1.30. The van der Waals surface area contributed by atoms with Crippen LogP contribution in [0.3, 0.4) is 0 Å². The second-order valence-electron chi connectivity index (χ2n) is 3.54. The molecule has 0 radical (unpaired) electrons. The van der Waals surface area contributed by atoms with Gasteiger partial charge in [-0.15, -0.1) is 5.92 Å². The molecular formula is C14H21Br. The Morgan fingerprint density at radius 3 is 2.20 bits per heavy atom. The Morgan fingerprint density at radius 2 is 1.47 bits per heavy atom. The maximum atomic E-state index is 3.25. The van der Waals surface area contributed by atoms with E-state index >= 15 is 0 Å². The molecular weight excluding hydrogens is 248 g/mol. The van der Waals surface area contributed by atoms with Crippen molar-refractivity contribution in [1.82, 2.24) is 0 Å². The number of hydrogen-bond acceptors (Lipinski definition) is 0. The van der Waals surface area contributed by atoms with E-state index in [1.807, 2.05) is 0 Å². The minimum Gasteiger partial charge on any atom is -0.102 e. The molecule has 0 aliphatic rings. The molecule has 1 heteroatoms. The topological polar surface area (TPSA) is 0 Å². The summed E-state index contributed by atoms with van der Waals surface area (Å²) in [4.78, 5) is 0. The Labute approximate surface area is 103 Å². The number of alkyl halides is 1. The third-order valence-electron chi connectivity index (χ3n) is 2.15. The van der Waals surface area contributed by atoms with Gasteiger partial charge in [-0.2, -0.15) is 0 Å². The van der Waals surface area contributed by atoms with Gasteiger partial charge in [0.2, 0.25) is 0 Å². The maximum absolute atomic E-state index is 3.25. The number of rotatable bonds is 6. The molecule has 0 spiro atoms. The minimum absolute atomic E-state index is 0.724. The van der Waals surface area contributed by atoms with Crippen molar-refractivity contribution in [3.8, 4) is 23.7 Å². The Kier molecular flexibility index (Phi) is 13.2. The van der Waals surface area contributed by atoms with Crippen LogP contribution in [0.2, 0.25) is 0 Å². The van der Waals surface area contributed by atoms with Gasteiger partial charge < -0.3 is 0 Å². The number of halogens is 1. The van der Waals surface area contributed by atoms with Crippen LogP contribution < -0.4 is 0 Å². The summed E-state index contributed by atoms with van der Waals surface area (Å²) in [5, 5.41) is 0.756. The van der Waals surface area contributed by atoms with Crippen molar-refractivity contribution >= 4 is 15.9 Å². The molecule has 0 amide bonds. The van der Waals surface area contributed by atoms with E-state index in [9.17, 15) is 0 Å². The predicted octanol–water partition coefficient (Wildman–Crippen LogP) is 4.53. The van der Waals surface area contributed by atoms with Crippen molar-refractivity contribution < 1.29 is 0 Å². The summed E-state index contributed by atoms with van der Waals surface area (Å²) in [6.07, 6.45) is 9.83. The lowest BCUT2D eigenvalue weighted by atomic mass is 10.1. The van der Waals surface area contributed by atoms with Crippen LogP contribution in [0.4, 0.5) is 0 Å². The monoisotopic (exact) mass is 268 g/mol. The van der Waals surface area contributed by atoms with Crippen LogP contribution in [0.5, 0.6) is 0 Å². The predicted molar refractivity (Wildman–Crippen MR) is 72.0 cm³/mol. The van der Waals surface area contributed by atoms with Gasteiger partial charge in [0.25, 0.3) is 0 Å². The highest BCUT2D eigenvalue weighted by atomic mass is 79.9. The van der Waals surface area contributed by atoms with E-state index in [1.165, 1.54) is 38.5 Å². The highest BCUT2D eigenvalue weighted by Crippen LogP contribution is 2.05. The molecule has 0 bridgehead atoms. The van der Waals surface area contributed by atoms with E-state index < -0.39 is 0 Å². The van der Waals surface area contributed by atoms with E-state index in [4.69, 9.17) is 0 Å². The fraction of sp³-hybridized carbons (Fsp3) is 0.714. The lowest BCUT2D eigenvalue weighted by Crippen LogP contribution is -1.77. The van der Waals surface area contributed by atoms with E-state index in [-0.39, 0.29) is 0 Å². The molecule has 84 valence electrons. The van der Waals surface area contributed by atoms with Gasteiger partial charge in [-0.05, 0) is 6.42 Å². The Balaban J connectivity index is 3.15. The molecule has 0 saturated carbocycles. The molecule has 0 nitrogen and oxygen atoms in total. The molecule has 0 atom stereocenters. The first-order valence-corrected chi connectivity index (χ1v) is 7.01. The van der Waals surface area contributed by atoms with Crippen LogP contribution in [0.15, 0.2) is 0 Å². The smallest absolute Gasteiger partial charge is 0.0702 e. The van der Waals surface area contributed by atoms with Crippen molar-refractivity contribution in [2.24, 2.45) is 0 Å². The van der Waals surface area contributed by atoms with Crippen molar-refractivity contribution in [2.75, 3.05) is 5.33 Å². The normalized spacial score (nSPS) is 8.67. The molecule has 0 aromatic rings. The quantitative estimate of drug-likeness (QED) is 0.377. The van der Waals surface area contributed by atoms with E-state index in [0.717, 1.165) is 18.2 Å². The molecule has 0 fully saturated rings. The van der Waals surface area contributed by atoms with Crippen molar-refractivity contribution in [2.45, 2.75) is 58.3 Å². The minimum atomic E-state index is 0.724. The maximum Gasteiger partial charge on any atom is 0.0702 e. The lowest BCUT2D eigenvalue weighted by Gasteiger charge is -1.96. The summed E-state index contributed by atoms with van der Waals surface area (Å²) in [7, 11) is 0. The molecule has 0 aliphatic carbocycles. The Morgan fingerprint density at radius 1 is 0.800 bits per heavy atom. The average Bonchev–Trinajstić information content (AvgIpc) is 2.26. The SMILES string of the molecule is CCCCCCCCC#CCC#CCBr. The van der Waals surface area contributed by atoms with Gasteiger partial charge in [-0.25, -0.2) is 0 Å². The summed E-state index contributed by atoms with van der Waals surface area (Å²) in [6.45, 7) is 2.25. The molecule has 0 heterocycles. The molecule has 0 aromatic carbocycles. The first-order chi connectivity index (χ1) is 7.41. The zero-order chi connectivity index (χ0) is 11.2. The average molecular weight is 269 g/mol. The largest absolute Gasteiger partial charge is 0.102 e. The van der Waals surface area contributed by atoms with Gasteiger partial charge in [-0.3, -0.25) is 0 Å². The van der Waals surface area contributed by atoms with Crippen LogP contribution >= 0.6 is 15.9 Å².